The van der Waals surface area contributed by atoms with Crippen LogP contribution in [0.5, 0.6) is 0 Å². The van der Waals surface area contributed by atoms with Gasteiger partial charge in [-0.15, -0.1) is 0 Å². The molecule has 3 heteroatoms. The summed E-state index contributed by atoms with van der Waals surface area (Å²) in [6.45, 7) is 2.33. The predicted octanol–water partition coefficient (Wildman–Crippen LogP) is 5.65. The molecule has 0 unspecified atom stereocenters. The van der Waals surface area contributed by atoms with Crippen LogP contribution in [0.15, 0.2) is 97.1 Å². The van der Waals surface area contributed by atoms with E-state index in [1.54, 1.807) is 0 Å². The highest BCUT2D eigenvalue weighted by Gasteiger charge is 2.02. The number of hydrogen-bond acceptors (Lipinski definition) is 3. The minimum Gasteiger partial charge on any atom is -0.372 e. The first-order valence-corrected chi connectivity index (χ1v) is 10.6. The van der Waals surface area contributed by atoms with Crippen molar-refractivity contribution in [3.63, 3.8) is 0 Å². The molecule has 0 fully saturated rings. The maximum absolute atomic E-state index is 5.93. The molecule has 3 nitrogen and oxygen atoms in total. The van der Waals surface area contributed by atoms with Crippen LogP contribution in [-0.2, 0) is 31.0 Å². The summed E-state index contributed by atoms with van der Waals surface area (Å²) in [5.74, 6) is 0. The number of ether oxygens (including phenoxy) is 1. The number of hydrogen-bond donors (Lipinski definition) is 2. The first-order valence-electron chi connectivity index (χ1n) is 10.6. The molecule has 0 heterocycles. The van der Waals surface area contributed by atoms with Crippen LogP contribution < -0.4 is 11.5 Å². The molecule has 0 saturated heterocycles. The van der Waals surface area contributed by atoms with Gasteiger partial charge in [-0.2, -0.15) is 0 Å². The Morgan fingerprint density at radius 2 is 0.645 bits per heavy atom. The van der Waals surface area contributed by atoms with Crippen molar-refractivity contribution in [3.05, 3.63) is 119 Å². The van der Waals surface area contributed by atoms with Crippen molar-refractivity contribution in [2.24, 2.45) is 11.5 Å². The topological polar surface area (TPSA) is 61.3 Å². The summed E-state index contributed by atoms with van der Waals surface area (Å²) in [5.41, 5.74) is 20.8. The van der Waals surface area contributed by atoms with Crippen molar-refractivity contribution in [2.45, 2.75) is 26.3 Å². The normalized spacial score (nSPS) is 10.9. The van der Waals surface area contributed by atoms with E-state index in [-0.39, 0.29) is 0 Å². The highest BCUT2D eigenvalue weighted by Crippen LogP contribution is 2.22. The van der Waals surface area contributed by atoms with Gasteiger partial charge in [-0.25, -0.2) is 0 Å². The molecule has 31 heavy (non-hydrogen) atoms. The molecule has 0 aliphatic carbocycles. The van der Waals surface area contributed by atoms with Crippen molar-refractivity contribution < 1.29 is 4.74 Å². The summed E-state index contributed by atoms with van der Waals surface area (Å²) in [6, 6.07) is 33.8. The Labute approximate surface area is 184 Å². The van der Waals surface area contributed by atoms with Gasteiger partial charge in [0.15, 0.2) is 0 Å². The Morgan fingerprint density at radius 3 is 0.903 bits per heavy atom. The van der Waals surface area contributed by atoms with Crippen LogP contribution >= 0.6 is 0 Å². The lowest BCUT2D eigenvalue weighted by Gasteiger charge is -2.08. The van der Waals surface area contributed by atoms with E-state index < -0.39 is 0 Å². The largest absolute Gasteiger partial charge is 0.372 e. The second kappa shape index (κ2) is 10.2. The fraction of sp³-hybridized carbons (Fsp3) is 0.143. The average Bonchev–Trinajstić information content (AvgIpc) is 2.85. The first kappa shape index (κ1) is 21.0. The van der Waals surface area contributed by atoms with Gasteiger partial charge in [-0.1, -0.05) is 97.1 Å². The molecule has 4 rings (SSSR count). The van der Waals surface area contributed by atoms with Crippen LogP contribution in [0.25, 0.3) is 22.3 Å². The Kier molecular flexibility index (Phi) is 6.90. The smallest absolute Gasteiger partial charge is 0.0721 e. The molecule has 4 aromatic rings. The quantitative estimate of drug-likeness (QED) is 0.396. The standard InChI is InChI=1S/C28H28N2O/c29-17-21-1-9-25(10-2-21)27-13-5-23(6-14-27)19-31-20-24-7-15-28(16-8-24)26-11-3-22(18-30)4-12-26/h1-16H,17-20,29-30H2. The van der Waals surface area contributed by atoms with Crippen molar-refractivity contribution in [3.8, 4) is 22.3 Å². The molecule has 0 aromatic heterocycles. The summed E-state index contributed by atoms with van der Waals surface area (Å²) < 4.78 is 5.93. The first-order chi connectivity index (χ1) is 15.2. The highest BCUT2D eigenvalue weighted by molar-refractivity contribution is 5.64. The zero-order valence-corrected chi connectivity index (χ0v) is 17.6. The van der Waals surface area contributed by atoms with Crippen molar-refractivity contribution >= 4 is 0 Å². The number of benzene rings is 4. The number of rotatable bonds is 8. The van der Waals surface area contributed by atoms with Crippen molar-refractivity contribution in [2.75, 3.05) is 0 Å². The average molecular weight is 409 g/mol. The molecule has 0 saturated carbocycles. The molecule has 0 spiro atoms. The summed E-state index contributed by atoms with van der Waals surface area (Å²) in [7, 11) is 0. The second-order valence-corrected chi connectivity index (χ2v) is 7.69. The Balaban J connectivity index is 1.30. The zero-order chi connectivity index (χ0) is 21.5. The molecule has 0 amide bonds. The predicted molar refractivity (Wildman–Crippen MR) is 128 cm³/mol. The third-order valence-electron chi connectivity index (χ3n) is 5.49. The van der Waals surface area contributed by atoms with Crippen molar-refractivity contribution in [1.82, 2.24) is 0 Å². The second-order valence-electron chi connectivity index (χ2n) is 7.69. The van der Waals surface area contributed by atoms with E-state index in [2.05, 4.69) is 97.1 Å². The van der Waals surface area contributed by atoms with E-state index in [0.717, 1.165) is 11.1 Å². The summed E-state index contributed by atoms with van der Waals surface area (Å²) >= 11 is 0. The molecule has 0 radical (unpaired) electrons. The van der Waals surface area contributed by atoms with E-state index in [0.29, 0.717) is 26.3 Å². The van der Waals surface area contributed by atoms with Gasteiger partial charge in [0.25, 0.3) is 0 Å². The minimum atomic E-state index is 0.571. The Hall–Kier alpha value is -3.24. The van der Waals surface area contributed by atoms with Crippen molar-refractivity contribution in [1.29, 1.82) is 0 Å². The van der Waals surface area contributed by atoms with E-state index in [1.807, 2.05) is 0 Å². The third kappa shape index (κ3) is 5.47. The maximum Gasteiger partial charge on any atom is 0.0721 e. The van der Waals surface area contributed by atoms with E-state index >= 15 is 0 Å². The maximum atomic E-state index is 5.93. The number of nitrogens with two attached hydrogens (primary N) is 2. The van der Waals surface area contributed by atoms with E-state index in [9.17, 15) is 0 Å². The van der Waals surface area contributed by atoms with Gasteiger partial charge in [0.1, 0.15) is 0 Å². The summed E-state index contributed by atoms with van der Waals surface area (Å²) in [6.07, 6.45) is 0. The fourth-order valence-electron chi connectivity index (χ4n) is 3.54. The highest BCUT2D eigenvalue weighted by atomic mass is 16.5. The van der Waals surface area contributed by atoms with Gasteiger partial charge >= 0.3 is 0 Å². The van der Waals surface area contributed by atoms with Gasteiger partial charge in [0.2, 0.25) is 0 Å². The molecular formula is C28H28N2O. The molecule has 0 atom stereocenters. The Bertz CT molecular complexity index is 993. The zero-order valence-electron chi connectivity index (χ0n) is 17.6. The Morgan fingerprint density at radius 1 is 0.387 bits per heavy atom. The summed E-state index contributed by atoms with van der Waals surface area (Å²) in [4.78, 5) is 0. The van der Waals surface area contributed by atoms with Crippen LogP contribution in [0.2, 0.25) is 0 Å². The van der Waals surface area contributed by atoms with Crippen LogP contribution in [0.3, 0.4) is 0 Å². The van der Waals surface area contributed by atoms with Crippen LogP contribution in [0, 0.1) is 0 Å². The molecule has 4 N–H and O–H groups in total. The third-order valence-corrected chi connectivity index (χ3v) is 5.49. The van der Waals surface area contributed by atoms with Crippen LogP contribution in [0.4, 0.5) is 0 Å². The SMILES string of the molecule is NCc1ccc(-c2ccc(COCc3ccc(-c4ccc(CN)cc4)cc3)cc2)cc1. The molecule has 156 valence electrons. The van der Waals surface area contributed by atoms with E-state index in [1.165, 1.54) is 33.4 Å². The summed E-state index contributed by atoms with van der Waals surface area (Å²) in [5, 5.41) is 0. The minimum absolute atomic E-state index is 0.571. The van der Waals surface area contributed by atoms with Crippen LogP contribution in [0.1, 0.15) is 22.3 Å². The lowest BCUT2D eigenvalue weighted by atomic mass is 10.0. The van der Waals surface area contributed by atoms with Gasteiger partial charge in [0, 0.05) is 13.1 Å². The van der Waals surface area contributed by atoms with Crippen LogP contribution in [-0.4, -0.2) is 0 Å². The molecule has 0 bridgehead atoms. The molecule has 0 aliphatic heterocycles. The van der Waals surface area contributed by atoms with Gasteiger partial charge < -0.3 is 16.2 Å². The molecule has 0 aliphatic rings. The van der Waals surface area contributed by atoms with E-state index in [4.69, 9.17) is 16.2 Å². The lowest BCUT2D eigenvalue weighted by molar-refractivity contribution is 0.107. The van der Waals surface area contributed by atoms with Gasteiger partial charge in [-0.3, -0.25) is 0 Å². The molecule has 4 aromatic carbocycles. The van der Waals surface area contributed by atoms with Gasteiger partial charge in [-0.05, 0) is 44.5 Å². The lowest BCUT2D eigenvalue weighted by Crippen LogP contribution is -1.96. The van der Waals surface area contributed by atoms with Gasteiger partial charge in [0.05, 0.1) is 13.2 Å². The monoisotopic (exact) mass is 408 g/mol. The fourth-order valence-corrected chi connectivity index (χ4v) is 3.54. The molecular weight excluding hydrogens is 380 g/mol.